The van der Waals surface area contributed by atoms with Crippen molar-refractivity contribution < 1.29 is 23.9 Å². The van der Waals surface area contributed by atoms with Crippen LogP contribution in [0, 0.1) is 31.6 Å². The van der Waals surface area contributed by atoms with Crippen LogP contribution in [0.15, 0.2) is 78.9 Å². The number of Topliss-reactive ketones (excluding diaryl/α,β-unsaturated/α-hetero) is 1. The van der Waals surface area contributed by atoms with Crippen LogP contribution in [-0.4, -0.2) is 35.2 Å². The highest BCUT2D eigenvalue weighted by molar-refractivity contribution is 6.35. The number of amides is 2. The Kier molecular flexibility index (Phi) is 7.44. The van der Waals surface area contributed by atoms with Crippen LogP contribution >= 0.6 is 11.6 Å². The van der Waals surface area contributed by atoms with Gasteiger partial charge in [-0.25, -0.2) is 9.78 Å². The second-order valence-electron chi connectivity index (χ2n) is 11.2. The van der Waals surface area contributed by atoms with Gasteiger partial charge in [-0.1, -0.05) is 67.1 Å². The number of allylic oxidation sites excluding steroid dienone is 2. The van der Waals surface area contributed by atoms with Crippen molar-refractivity contribution in [2.75, 3.05) is 11.5 Å². The number of hydrogen-bond donors (Lipinski definition) is 0. The van der Waals surface area contributed by atoms with Gasteiger partial charge in [0.25, 0.3) is 0 Å². The Labute approximate surface area is 254 Å². The van der Waals surface area contributed by atoms with Crippen LogP contribution in [0.4, 0.5) is 5.69 Å². The maximum atomic E-state index is 13.3. The highest BCUT2D eigenvalue weighted by Gasteiger charge is 2.50. The third-order valence-electron chi connectivity index (χ3n) is 8.47. The third kappa shape index (κ3) is 5.14. The van der Waals surface area contributed by atoms with Gasteiger partial charge in [0.15, 0.2) is 12.4 Å². The quantitative estimate of drug-likeness (QED) is 0.104. The molecule has 1 aromatic heterocycles. The van der Waals surface area contributed by atoms with Crippen molar-refractivity contribution in [2.24, 2.45) is 17.8 Å². The van der Waals surface area contributed by atoms with Crippen molar-refractivity contribution in [3.05, 3.63) is 106 Å². The molecule has 216 valence electrons. The summed E-state index contributed by atoms with van der Waals surface area (Å²) in [6, 6.07) is 19.0. The number of nitrogens with zero attached hydrogens (tertiary/aromatic N) is 2. The molecule has 7 nitrogen and oxygen atoms in total. The predicted octanol–water partition coefficient (Wildman–Crippen LogP) is 6.91. The number of aromatic nitrogens is 1. The Balaban J connectivity index is 1.28. The molecular weight excluding hydrogens is 564 g/mol. The fourth-order valence-corrected chi connectivity index (χ4v) is 6.14. The minimum atomic E-state index is -0.677. The number of pyridine rings is 1. The van der Waals surface area contributed by atoms with E-state index in [-0.39, 0.29) is 40.9 Å². The van der Waals surface area contributed by atoms with E-state index in [1.165, 1.54) is 4.90 Å². The van der Waals surface area contributed by atoms with Gasteiger partial charge in [0, 0.05) is 16.5 Å². The Morgan fingerprint density at radius 2 is 1.74 bits per heavy atom. The van der Waals surface area contributed by atoms with Crippen molar-refractivity contribution in [1.82, 2.24) is 4.98 Å². The van der Waals surface area contributed by atoms with Gasteiger partial charge in [0.2, 0.25) is 11.8 Å². The number of imide groups is 1. The first-order valence-corrected chi connectivity index (χ1v) is 14.5. The molecule has 3 atom stereocenters. The molecule has 6 rings (SSSR count). The average molecular weight is 593 g/mol. The third-order valence-corrected chi connectivity index (χ3v) is 8.77. The number of fused-ring (bicyclic) bond motifs is 2. The van der Waals surface area contributed by atoms with Crippen LogP contribution in [-0.2, 0) is 14.3 Å². The Morgan fingerprint density at radius 3 is 2.47 bits per heavy atom. The first-order valence-electron chi connectivity index (χ1n) is 14.2. The number of carbonyl (C=O) groups excluding carboxylic acids is 4. The largest absolute Gasteiger partial charge is 0.454 e. The van der Waals surface area contributed by atoms with E-state index in [0.29, 0.717) is 44.9 Å². The lowest BCUT2D eigenvalue weighted by Gasteiger charge is -2.22. The monoisotopic (exact) mass is 592 g/mol. The minimum absolute atomic E-state index is 0.000462. The SMILES string of the molecule is Cc1ccc(C(=O)COC(=O)c2cc(-c3ccc(N4C(=O)C5CC=CC(C)C5C4=O)cc3)nc3c(Cl)cccc23)cc1C. The van der Waals surface area contributed by atoms with Crippen molar-refractivity contribution in [3.63, 3.8) is 0 Å². The molecule has 8 heteroatoms. The lowest BCUT2D eigenvalue weighted by molar-refractivity contribution is -0.122. The molecular formula is C35H29ClN2O5. The lowest BCUT2D eigenvalue weighted by atomic mass is 9.78. The fraction of sp³-hybridized carbons (Fsp3) is 0.229. The second-order valence-corrected chi connectivity index (χ2v) is 11.6. The molecule has 2 amide bonds. The number of para-hydroxylation sites is 1. The van der Waals surface area contributed by atoms with Gasteiger partial charge < -0.3 is 4.74 Å². The molecule has 3 unspecified atom stereocenters. The summed E-state index contributed by atoms with van der Waals surface area (Å²) in [4.78, 5) is 58.5. The van der Waals surface area contributed by atoms with Gasteiger partial charge in [-0.2, -0.15) is 0 Å². The van der Waals surface area contributed by atoms with Crippen LogP contribution in [0.5, 0.6) is 0 Å². The molecule has 2 heterocycles. The normalized spacial score (nSPS) is 19.5. The molecule has 3 aromatic carbocycles. The molecule has 0 radical (unpaired) electrons. The number of aryl methyl sites for hydroxylation is 2. The summed E-state index contributed by atoms with van der Waals surface area (Å²) < 4.78 is 5.47. The molecule has 0 spiro atoms. The van der Waals surface area contributed by atoms with E-state index in [1.807, 2.05) is 39.0 Å². The van der Waals surface area contributed by atoms with Crippen LogP contribution in [0.1, 0.15) is 45.2 Å². The summed E-state index contributed by atoms with van der Waals surface area (Å²) in [5.41, 5.74) is 4.73. The van der Waals surface area contributed by atoms with Gasteiger partial charge in [0.05, 0.1) is 39.3 Å². The van der Waals surface area contributed by atoms with Crippen molar-refractivity contribution in [2.45, 2.75) is 27.2 Å². The number of anilines is 1. The molecule has 1 aliphatic heterocycles. The van der Waals surface area contributed by atoms with E-state index in [9.17, 15) is 19.2 Å². The summed E-state index contributed by atoms with van der Waals surface area (Å²) in [6.07, 6.45) is 4.53. The second kappa shape index (κ2) is 11.2. The van der Waals surface area contributed by atoms with Crippen LogP contribution in [0.25, 0.3) is 22.2 Å². The topological polar surface area (TPSA) is 93.6 Å². The van der Waals surface area contributed by atoms with Crippen molar-refractivity contribution >= 4 is 51.8 Å². The molecule has 1 saturated heterocycles. The zero-order chi connectivity index (χ0) is 30.4. The number of ketones is 1. The zero-order valence-corrected chi connectivity index (χ0v) is 24.7. The number of ether oxygens (including phenoxy) is 1. The number of esters is 1. The Hall–Kier alpha value is -4.62. The van der Waals surface area contributed by atoms with E-state index < -0.39 is 12.6 Å². The summed E-state index contributed by atoms with van der Waals surface area (Å²) in [5, 5.41) is 0.852. The Morgan fingerprint density at radius 1 is 0.977 bits per heavy atom. The van der Waals surface area contributed by atoms with Gasteiger partial charge in [0.1, 0.15) is 0 Å². The average Bonchev–Trinajstić information content (AvgIpc) is 3.27. The number of benzene rings is 3. The number of rotatable bonds is 6. The summed E-state index contributed by atoms with van der Waals surface area (Å²) in [6.45, 7) is 5.43. The number of hydrogen-bond acceptors (Lipinski definition) is 6. The summed E-state index contributed by atoms with van der Waals surface area (Å²) >= 11 is 6.49. The van der Waals surface area contributed by atoms with Crippen molar-refractivity contribution in [3.8, 4) is 11.3 Å². The van der Waals surface area contributed by atoms with Crippen LogP contribution in [0.3, 0.4) is 0 Å². The van der Waals surface area contributed by atoms with Crippen molar-refractivity contribution in [1.29, 1.82) is 0 Å². The molecule has 0 N–H and O–H groups in total. The van der Waals surface area contributed by atoms with Crippen LogP contribution < -0.4 is 4.90 Å². The summed E-state index contributed by atoms with van der Waals surface area (Å²) in [7, 11) is 0. The first-order chi connectivity index (χ1) is 20.6. The van der Waals surface area contributed by atoms with E-state index in [4.69, 9.17) is 21.3 Å². The molecule has 2 aliphatic rings. The predicted molar refractivity (Wildman–Crippen MR) is 165 cm³/mol. The highest BCUT2D eigenvalue weighted by atomic mass is 35.5. The molecule has 1 aliphatic carbocycles. The van der Waals surface area contributed by atoms with Gasteiger partial charge in [-0.05, 0) is 67.6 Å². The highest BCUT2D eigenvalue weighted by Crippen LogP contribution is 2.41. The standard InChI is InChI=1S/C35H29ClN2O5/c1-19-10-11-23(16-21(19)3)30(39)18-43-35(42)27-17-29(37-32-25(27)7-5-9-28(32)36)22-12-14-24(15-13-22)38-33(40)26-8-4-6-20(2)31(26)34(38)41/h4-7,9-17,20,26,31H,8,18H2,1-3H3. The first kappa shape index (κ1) is 28.5. The van der Waals surface area contributed by atoms with E-state index in [1.54, 1.807) is 60.7 Å². The molecule has 0 bridgehead atoms. The van der Waals surface area contributed by atoms with E-state index >= 15 is 0 Å². The smallest absolute Gasteiger partial charge is 0.339 e. The summed E-state index contributed by atoms with van der Waals surface area (Å²) in [5.74, 6) is -2.04. The lowest BCUT2D eigenvalue weighted by Crippen LogP contribution is -2.31. The molecule has 1 fully saturated rings. The van der Waals surface area contributed by atoms with Gasteiger partial charge >= 0.3 is 5.97 Å². The Bertz CT molecular complexity index is 1850. The maximum Gasteiger partial charge on any atom is 0.339 e. The minimum Gasteiger partial charge on any atom is -0.454 e. The van der Waals surface area contributed by atoms with E-state index in [2.05, 4.69) is 0 Å². The fourth-order valence-electron chi connectivity index (χ4n) is 5.92. The molecule has 0 saturated carbocycles. The van der Waals surface area contributed by atoms with E-state index in [0.717, 1.165) is 11.1 Å². The van der Waals surface area contributed by atoms with Crippen LogP contribution in [0.2, 0.25) is 5.02 Å². The molecule has 43 heavy (non-hydrogen) atoms. The van der Waals surface area contributed by atoms with Gasteiger partial charge in [-0.3, -0.25) is 19.3 Å². The van der Waals surface area contributed by atoms with Gasteiger partial charge in [-0.15, -0.1) is 0 Å². The molecule has 4 aromatic rings. The zero-order valence-electron chi connectivity index (χ0n) is 24.0. The number of halogens is 1. The maximum absolute atomic E-state index is 13.3. The number of carbonyl (C=O) groups is 4.